The quantitative estimate of drug-likeness (QED) is 0.666. The van der Waals surface area contributed by atoms with Gasteiger partial charge in [-0.25, -0.2) is 0 Å². The average molecular weight is 180 g/mol. The summed E-state index contributed by atoms with van der Waals surface area (Å²) >= 11 is 0. The highest BCUT2D eigenvalue weighted by Gasteiger charge is 1.88. The number of para-hydroxylation sites is 1. The lowest BCUT2D eigenvalue weighted by Crippen LogP contribution is -1.95. The molecule has 1 rings (SSSR count). The van der Waals surface area contributed by atoms with Crippen LogP contribution in [0.4, 0.5) is 0 Å². The lowest BCUT2D eigenvalue weighted by Gasteiger charge is -2.03. The van der Waals surface area contributed by atoms with Crippen LogP contribution in [-0.2, 0) is 4.79 Å². The van der Waals surface area contributed by atoms with Crippen LogP contribution in [0.2, 0.25) is 0 Å². The monoisotopic (exact) mass is 180 g/mol. The summed E-state index contributed by atoms with van der Waals surface area (Å²) in [4.78, 5) is 8.00. The molecule has 0 radical (unpaired) electrons. The topological polar surface area (TPSA) is 26.3 Å². The minimum atomic E-state index is 0.834. The fourth-order valence-electron chi connectivity index (χ4n) is 0.851. The van der Waals surface area contributed by atoms with Gasteiger partial charge in [-0.2, -0.15) is 0 Å². The molecular formula is C11H16O2. The number of unbranched alkanes of at least 4 members (excludes halogenated alkanes) is 1. The van der Waals surface area contributed by atoms with Gasteiger partial charge in [-0.05, 0) is 18.6 Å². The van der Waals surface area contributed by atoms with Gasteiger partial charge in [0.05, 0.1) is 6.61 Å². The van der Waals surface area contributed by atoms with Crippen LogP contribution in [0.15, 0.2) is 30.3 Å². The molecule has 0 unspecified atom stereocenters. The van der Waals surface area contributed by atoms with Crippen molar-refractivity contribution >= 4 is 6.79 Å². The number of benzene rings is 1. The first-order valence-corrected chi connectivity index (χ1v) is 4.40. The summed E-state index contributed by atoms with van der Waals surface area (Å²) in [6.07, 6.45) is 2.32. The molecule has 13 heavy (non-hydrogen) atoms. The SMILES string of the molecule is C=O.CCCCOc1ccccc1. The summed E-state index contributed by atoms with van der Waals surface area (Å²) in [5, 5.41) is 0. The Morgan fingerprint density at radius 2 is 1.85 bits per heavy atom. The number of hydrogen-bond donors (Lipinski definition) is 0. The van der Waals surface area contributed by atoms with Crippen LogP contribution in [-0.4, -0.2) is 13.4 Å². The molecule has 0 aliphatic heterocycles. The van der Waals surface area contributed by atoms with Crippen molar-refractivity contribution in [3.05, 3.63) is 30.3 Å². The molecule has 0 fully saturated rings. The first-order valence-electron chi connectivity index (χ1n) is 4.40. The van der Waals surface area contributed by atoms with Crippen molar-refractivity contribution in [2.24, 2.45) is 0 Å². The molecule has 2 heteroatoms. The number of carbonyl (C=O) groups is 1. The lowest BCUT2D eigenvalue weighted by molar-refractivity contribution is -0.0979. The van der Waals surface area contributed by atoms with E-state index in [0.717, 1.165) is 18.8 Å². The molecule has 0 saturated carbocycles. The Bertz CT molecular complexity index is 197. The molecule has 0 N–H and O–H groups in total. The van der Waals surface area contributed by atoms with Gasteiger partial charge in [0.15, 0.2) is 0 Å². The zero-order valence-corrected chi connectivity index (χ0v) is 8.03. The van der Waals surface area contributed by atoms with Crippen LogP contribution in [0, 0.1) is 0 Å². The van der Waals surface area contributed by atoms with Gasteiger partial charge in [0, 0.05) is 0 Å². The van der Waals surface area contributed by atoms with E-state index in [4.69, 9.17) is 9.53 Å². The Labute approximate surface area is 79.5 Å². The predicted octanol–water partition coefficient (Wildman–Crippen LogP) is 2.68. The summed E-state index contributed by atoms with van der Waals surface area (Å²) < 4.78 is 5.45. The van der Waals surface area contributed by atoms with E-state index in [1.807, 2.05) is 37.1 Å². The fraction of sp³-hybridized carbons (Fsp3) is 0.364. The lowest BCUT2D eigenvalue weighted by atomic mass is 10.3. The van der Waals surface area contributed by atoms with Crippen LogP contribution >= 0.6 is 0 Å². The van der Waals surface area contributed by atoms with Crippen molar-refractivity contribution in [1.82, 2.24) is 0 Å². The summed E-state index contributed by atoms with van der Waals surface area (Å²) in [7, 11) is 0. The van der Waals surface area contributed by atoms with Crippen molar-refractivity contribution in [3.8, 4) is 5.75 Å². The fourth-order valence-corrected chi connectivity index (χ4v) is 0.851. The minimum absolute atomic E-state index is 0.834. The van der Waals surface area contributed by atoms with Crippen molar-refractivity contribution < 1.29 is 9.53 Å². The number of rotatable bonds is 4. The average Bonchev–Trinajstić information content (AvgIpc) is 2.23. The Morgan fingerprint density at radius 1 is 1.23 bits per heavy atom. The Kier molecular flexibility index (Phi) is 7.90. The second kappa shape index (κ2) is 8.78. The van der Waals surface area contributed by atoms with Crippen molar-refractivity contribution in [1.29, 1.82) is 0 Å². The predicted molar refractivity (Wildman–Crippen MR) is 54.0 cm³/mol. The molecule has 1 aromatic rings. The first kappa shape index (κ1) is 11.7. The standard InChI is InChI=1S/C10H14O.CH2O/c1-2-3-9-11-10-7-5-4-6-8-10;1-2/h4-8H,2-3,9H2,1H3;1H2. The molecule has 0 aliphatic rings. The van der Waals surface area contributed by atoms with Gasteiger partial charge < -0.3 is 9.53 Å². The Hall–Kier alpha value is -1.31. The molecule has 0 atom stereocenters. The van der Waals surface area contributed by atoms with Gasteiger partial charge in [-0.3, -0.25) is 0 Å². The van der Waals surface area contributed by atoms with E-state index in [9.17, 15) is 0 Å². The van der Waals surface area contributed by atoms with E-state index in [0.29, 0.717) is 0 Å². The van der Waals surface area contributed by atoms with E-state index in [1.165, 1.54) is 6.42 Å². The number of carbonyl (C=O) groups excluding carboxylic acids is 1. The largest absolute Gasteiger partial charge is 0.494 e. The highest BCUT2D eigenvalue weighted by Crippen LogP contribution is 2.08. The molecule has 0 aliphatic carbocycles. The van der Waals surface area contributed by atoms with Gasteiger partial charge >= 0.3 is 0 Å². The molecule has 0 heterocycles. The molecule has 0 bridgehead atoms. The minimum Gasteiger partial charge on any atom is -0.494 e. The van der Waals surface area contributed by atoms with Gasteiger partial charge in [0.1, 0.15) is 12.5 Å². The summed E-state index contributed by atoms with van der Waals surface area (Å²) in [5.74, 6) is 0.973. The van der Waals surface area contributed by atoms with E-state index in [1.54, 1.807) is 0 Å². The summed E-state index contributed by atoms with van der Waals surface area (Å²) in [6.45, 7) is 4.99. The van der Waals surface area contributed by atoms with Gasteiger partial charge in [0.2, 0.25) is 0 Å². The second-order valence-corrected chi connectivity index (χ2v) is 2.52. The molecule has 0 spiro atoms. The van der Waals surface area contributed by atoms with Crippen molar-refractivity contribution in [2.75, 3.05) is 6.61 Å². The van der Waals surface area contributed by atoms with Crippen LogP contribution in [0.3, 0.4) is 0 Å². The van der Waals surface area contributed by atoms with E-state index in [-0.39, 0.29) is 0 Å². The Morgan fingerprint density at radius 3 is 2.38 bits per heavy atom. The third-order valence-electron chi connectivity index (χ3n) is 1.51. The molecule has 0 saturated heterocycles. The Balaban J connectivity index is 0.000000671. The maximum atomic E-state index is 8.00. The normalized spacial score (nSPS) is 8.38. The van der Waals surface area contributed by atoms with Gasteiger partial charge in [-0.15, -0.1) is 0 Å². The summed E-state index contributed by atoms with van der Waals surface area (Å²) in [6, 6.07) is 9.93. The smallest absolute Gasteiger partial charge is 0.119 e. The maximum absolute atomic E-state index is 8.00. The molecule has 0 amide bonds. The first-order chi connectivity index (χ1) is 6.43. The molecule has 0 aromatic heterocycles. The van der Waals surface area contributed by atoms with Crippen LogP contribution < -0.4 is 4.74 Å². The van der Waals surface area contributed by atoms with E-state index >= 15 is 0 Å². The van der Waals surface area contributed by atoms with E-state index in [2.05, 4.69) is 6.92 Å². The van der Waals surface area contributed by atoms with Gasteiger partial charge in [-0.1, -0.05) is 31.5 Å². The third-order valence-corrected chi connectivity index (χ3v) is 1.51. The molecular weight excluding hydrogens is 164 g/mol. The third kappa shape index (κ3) is 5.91. The molecule has 1 aromatic carbocycles. The van der Waals surface area contributed by atoms with E-state index < -0.39 is 0 Å². The van der Waals surface area contributed by atoms with Crippen molar-refractivity contribution in [3.63, 3.8) is 0 Å². The number of ether oxygens (including phenoxy) is 1. The zero-order valence-electron chi connectivity index (χ0n) is 8.03. The van der Waals surface area contributed by atoms with Crippen LogP contribution in [0.1, 0.15) is 19.8 Å². The molecule has 2 nitrogen and oxygen atoms in total. The summed E-state index contributed by atoms with van der Waals surface area (Å²) in [5.41, 5.74) is 0. The highest BCUT2D eigenvalue weighted by atomic mass is 16.5. The van der Waals surface area contributed by atoms with Crippen molar-refractivity contribution in [2.45, 2.75) is 19.8 Å². The highest BCUT2D eigenvalue weighted by molar-refractivity contribution is 5.20. The number of hydrogen-bond acceptors (Lipinski definition) is 2. The molecule has 72 valence electrons. The van der Waals surface area contributed by atoms with Gasteiger partial charge in [0.25, 0.3) is 0 Å². The van der Waals surface area contributed by atoms with Crippen LogP contribution in [0.5, 0.6) is 5.75 Å². The zero-order chi connectivity index (χ0) is 9.94. The maximum Gasteiger partial charge on any atom is 0.119 e. The second-order valence-electron chi connectivity index (χ2n) is 2.52. The van der Waals surface area contributed by atoms with Crippen LogP contribution in [0.25, 0.3) is 0 Å².